The number of carbonyl (C=O) groups excluding carboxylic acids is 1. The van der Waals surface area contributed by atoms with Gasteiger partial charge in [0, 0.05) is 18.0 Å². The molecule has 3 rings (SSSR count). The smallest absolute Gasteiger partial charge is 0.257 e. The second-order valence-corrected chi connectivity index (χ2v) is 6.41. The Balaban J connectivity index is 1.83. The third-order valence-corrected chi connectivity index (χ3v) is 4.40. The minimum atomic E-state index is -0.451. The average molecular weight is 391 g/mol. The molecule has 1 aromatic heterocycles. The van der Waals surface area contributed by atoms with E-state index in [4.69, 9.17) is 23.2 Å². The van der Waals surface area contributed by atoms with Crippen LogP contribution in [-0.2, 0) is 6.54 Å². The number of amides is 1. The van der Waals surface area contributed by atoms with Crippen molar-refractivity contribution < 1.29 is 9.18 Å². The summed E-state index contributed by atoms with van der Waals surface area (Å²) < 4.78 is 14.6. The van der Waals surface area contributed by atoms with E-state index in [1.807, 2.05) is 0 Å². The molecule has 0 saturated heterocycles. The molecule has 0 aliphatic carbocycles. The molecule has 3 aromatic rings. The first-order chi connectivity index (χ1) is 12.4. The van der Waals surface area contributed by atoms with Crippen LogP contribution in [0.1, 0.15) is 15.9 Å². The monoisotopic (exact) mass is 390 g/mol. The molecule has 0 aliphatic heterocycles. The Kier molecular flexibility index (Phi) is 5.40. The normalized spacial score (nSPS) is 10.6. The highest BCUT2D eigenvalue weighted by molar-refractivity contribution is 6.42. The minimum Gasteiger partial charge on any atom is -0.322 e. The summed E-state index contributed by atoms with van der Waals surface area (Å²) in [6.45, 7) is 0.233. The van der Waals surface area contributed by atoms with E-state index in [2.05, 4.69) is 5.32 Å². The fourth-order valence-electron chi connectivity index (χ4n) is 2.39. The fraction of sp³-hybridized carbons (Fsp3) is 0.0526. The van der Waals surface area contributed by atoms with Gasteiger partial charge in [-0.05, 0) is 42.0 Å². The molecule has 0 aliphatic rings. The maximum atomic E-state index is 13.2. The van der Waals surface area contributed by atoms with Crippen LogP contribution < -0.4 is 10.9 Å². The SMILES string of the molecule is O=C(Nc1cccc(F)c1)c1ccc(=O)n(Cc2ccc(Cl)c(Cl)c2)c1. The first-order valence-corrected chi connectivity index (χ1v) is 8.39. The van der Waals surface area contributed by atoms with Crippen molar-refractivity contribution in [2.45, 2.75) is 6.54 Å². The minimum absolute atomic E-state index is 0.233. The molecule has 26 heavy (non-hydrogen) atoms. The number of carbonyl (C=O) groups is 1. The summed E-state index contributed by atoms with van der Waals surface area (Å²) in [5, 5.41) is 3.40. The molecule has 4 nitrogen and oxygen atoms in total. The van der Waals surface area contributed by atoms with Crippen molar-refractivity contribution in [2.75, 3.05) is 5.32 Å². The van der Waals surface area contributed by atoms with Gasteiger partial charge in [0.25, 0.3) is 11.5 Å². The van der Waals surface area contributed by atoms with E-state index < -0.39 is 11.7 Å². The van der Waals surface area contributed by atoms with Gasteiger partial charge < -0.3 is 9.88 Å². The lowest BCUT2D eigenvalue weighted by molar-refractivity contribution is 0.102. The second-order valence-electron chi connectivity index (χ2n) is 5.60. The van der Waals surface area contributed by atoms with Crippen molar-refractivity contribution in [3.8, 4) is 0 Å². The van der Waals surface area contributed by atoms with Crippen molar-refractivity contribution >= 4 is 34.8 Å². The number of hydrogen-bond acceptors (Lipinski definition) is 2. The van der Waals surface area contributed by atoms with Crippen LogP contribution in [0.5, 0.6) is 0 Å². The van der Waals surface area contributed by atoms with Crippen LogP contribution >= 0.6 is 23.2 Å². The molecule has 0 fully saturated rings. The molecule has 2 aromatic carbocycles. The molecule has 7 heteroatoms. The van der Waals surface area contributed by atoms with Gasteiger partial charge >= 0.3 is 0 Å². The summed E-state index contributed by atoms with van der Waals surface area (Å²) in [5.41, 5.74) is 1.11. The van der Waals surface area contributed by atoms with E-state index in [0.29, 0.717) is 15.7 Å². The van der Waals surface area contributed by atoms with Gasteiger partial charge in [-0.15, -0.1) is 0 Å². The maximum absolute atomic E-state index is 13.2. The summed E-state index contributed by atoms with van der Waals surface area (Å²) in [6.07, 6.45) is 1.44. The van der Waals surface area contributed by atoms with E-state index in [-0.39, 0.29) is 17.7 Å². The van der Waals surface area contributed by atoms with Crippen LogP contribution in [0.15, 0.2) is 65.6 Å². The molecular formula is C19H13Cl2FN2O2. The Hall–Kier alpha value is -2.63. The van der Waals surface area contributed by atoms with Crippen molar-refractivity contribution in [3.63, 3.8) is 0 Å². The topological polar surface area (TPSA) is 51.1 Å². The second kappa shape index (κ2) is 7.72. The Labute approximate surface area is 158 Å². The molecular weight excluding hydrogens is 378 g/mol. The maximum Gasteiger partial charge on any atom is 0.257 e. The first kappa shape index (κ1) is 18.2. The summed E-state index contributed by atoms with van der Waals surface area (Å²) in [4.78, 5) is 24.4. The highest BCUT2D eigenvalue weighted by atomic mass is 35.5. The number of benzene rings is 2. The number of hydrogen-bond donors (Lipinski definition) is 1. The summed E-state index contributed by atoms with van der Waals surface area (Å²) >= 11 is 11.9. The molecule has 0 bridgehead atoms. The quantitative estimate of drug-likeness (QED) is 0.707. The lowest BCUT2D eigenvalue weighted by Gasteiger charge is -2.10. The number of pyridine rings is 1. The molecule has 0 unspecified atom stereocenters. The molecule has 0 spiro atoms. The molecule has 1 heterocycles. The van der Waals surface area contributed by atoms with E-state index in [1.54, 1.807) is 24.3 Å². The third-order valence-electron chi connectivity index (χ3n) is 3.67. The van der Waals surface area contributed by atoms with Crippen molar-refractivity contribution in [1.29, 1.82) is 0 Å². The lowest BCUT2D eigenvalue weighted by Crippen LogP contribution is -2.22. The summed E-state index contributed by atoms with van der Waals surface area (Å²) in [7, 11) is 0. The van der Waals surface area contributed by atoms with Crippen LogP contribution in [0.25, 0.3) is 0 Å². The Morgan fingerprint density at radius 2 is 1.85 bits per heavy atom. The van der Waals surface area contributed by atoms with Crippen molar-refractivity contribution in [1.82, 2.24) is 4.57 Å². The van der Waals surface area contributed by atoms with Crippen molar-refractivity contribution in [2.24, 2.45) is 0 Å². The van der Waals surface area contributed by atoms with Gasteiger partial charge in [0.2, 0.25) is 0 Å². The number of anilines is 1. The van der Waals surface area contributed by atoms with Gasteiger partial charge in [-0.2, -0.15) is 0 Å². The van der Waals surface area contributed by atoms with Crippen molar-refractivity contribution in [3.05, 3.63) is 98.1 Å². The van der Waals surface area contributed by atoms with Crippen LogP contribution in [0.2, 0.25) is 10.0 Å². The van der Waals surface area contributed by atoms with E-state index in [0.717, 1.165) is 5.56 Å². The van der Waals surface area contributed by atoms with Crippen LogP contribution in [0.4, 0.5) is 10.1 Å². The standard InChI is InChI=1S/C19H13Cl2FN2O2/c20-16-6-4-12(8-17(16)21)10-24-11-13(5-7-18(24)25)19(26)23-15-3-1-2-14(22)9-15/h1-9,11H,10H2,(H,23,26). The van der Waals surface area contributed by atoms with Crippen LogP contribution in [0, 0.1) is 5.82 Å². The number of rotatable bonds is 4. The number of nitrogens with zero attached hydrogens (tertiary/aromatic N) is 1. The zero-order valence-corrected chi connectivity index (χ0v) is 14.9. The van der Waals surface area contributed by atoms with Crippen LogP contribution in [-0.4, -0.2) is 10.5 Å². The van der Waals surface area contributed by atoms with Gasteiger partial charge in [-0.25, -0.2) is 4.39 Å². The molecule has 0 radical (unpaired) electrons. The Bertz CT molecular complexity index is 1030. The number of aromatic nitrogens is 1. The largest absolute Gasteiger partial charge is 0.322 e. The highest BCUT2D eigenvalue weighted by Crippen LogP contribution is 2.22. The number of nitrogens with one attached hydrogen (secondary N) is 1. The third kappa shape index (κ3) is 4.31. The molecule has 0 atom stereocenters. The predicted octanol–water partition coefficient (Wildman–Crippen LogP) is 4.59. The van der Waals surface area contributed by atoms with Gasteiger partial charge in [0.05, 0.1) is 22.2 Å². The average Bonchev–Trinajstić information content (AvgIpc) is 2.60. The predicted molar refractivity (Wildman–Crippen MR) is 101 cm³/mol. The zero-order chi connectivity index (χ0) is 18.7. The molecule has 1 N–H and O–H groups in total. The van der Waals surface area contributed by atoms with Gasteiger partial charge in [0.15, 0.2) is 0 Å². The van der Waals surface area contributed by atoms with E-state index >= 15 is 0 Å². The highest BCUT2D eigenvalue weighted by Gasteiger charge is 2.09. The molecule has 132 valence electrons. The molecule has 1 amide bonds. The fourth-order valence-corrected chi connectivity index (χ4v) is 2.71. The van der Waals surface area contributed by atoms with Crippen LogP contribution in [0.3, 0.4) is 0 Å². The summed E-state index contributed by atoms with van der Waals surface area (Å²) in [5.74, 6) is -0.897. The van der Waals surface area contributed by atoms with E-state index in [1.165, 1.54) is 41.1 Å². The van der Waals surface area contributed by atoms with E-state index in [9.17, 15) is 14.0 Å². The summed E-state index contributed by atoms with van der Waals surface area (Å²) in [6, 6.07) is 13.3. The Morgan fingerprint density at radius 1 is 1.04 bits per heavy atom. The lowest BCUT2D eigenvalue weighted by atomic mass is 10.2. The van der Waals surface area contributed by atoms with Gasteiger partial charge in [0.1, 0.15) is 5.82 Å². The number of halogens is 3. The molecule has 0 saturated carbocycles. The Morgan fingerprint density at radius 3 is 2.58 bits per heavy atom. The zero-order valence-electron chi connectivity index (χ0n) is 13.4. The van der Waals surface area contributed by atoms with Gasteiger partial charge in [-0.3, -0.25) is 9.59 Å². The van der Waals surface area contributed by atoms with Gasteiger partial charge in [-0.1, -0.05) is 35.3 Å². The first-order valence-electron chi connectivity index (χ1n) is 7.64.